The number of hydrogen-bond donors (Lipinski definition) is 3. The fourth-order valence-corrected chi connectivity index (χ4v) is 4.12. The summed E-state index contributed by atoms with van der Waals surface area (Å²) < 4.78 is 0. The van der Waals surface area contributed by atoms with Gasteiger partial charge in [-0.25, -0.2) is 5.10 Å². The van der Waals surface area contributed by atoms with Crippen molar-refractivity contribution in [1.29, 1.82) is 0 Å². The van der Waals surface area contributed by atoms with E-state index in [0.717, 1.165) is 24.6 Å². The molecule has 1 aliphatic heterocycles. The summed E-state index contributed by atoms with van der Waals surface area (Å²) in [5.74, 6) is 0.849. The van der Waals surface area contributed by atoms with Crippen molar-refractivity contribution in [2.24, 2.45) is 0 Å². The minimum Gasteiger partial charge on any atom is -0.368 e. The van der Waals surface area contributed by atoms with Crippen LogP contribution in [0.3, 0.4) is 0 Å². The van der Waals surface area contributed by atoms with E-state index < -0.39 is 0 Å². The second kappa shape index (κ2) is 6.81. The van der Waals surface area contributed by atoms with Crippen LogP contribution in [0.4, 0.5) is 17.6 Å². The van der Waals surface area contributed by atoms with Gasteiger partial charge in [-0.2, -0.15) is 4.98 Å². The summed E-state index contributed by atoms with van der Waals surface area (Å²) in [6, 6.07) is 7.45. The van der Waals surface area contributed by atoms with Crippen molar-refractivity contribution < 1.29 is 0 Å². The van der Waals surface area contributed by atoms with Gasteiger partial charge in [-0.15, -0.1) is 5.10 Å². The fourth-order valence-electron chi connectivity index (χ4n) is 4.12. The zero-order valence-electron chi connectivity index (χ0n) is 14.1. The van der Waals surface area contributed by atoms with Crippen LogP contribution in [-0.4, -0.2) is 39.2 Å². The molecule has 0 amide bonds. The second-order valence-corrected chi connectivity index (χ2v) is 6.98. The average Bonchev–Trinajstić information content (AvgIpc) is 3.21. The molecule has 0 atom stereocenters. The highest BCUT2D eigenvalue weighted by Crippen LogP contribution is 2.27. The lowest BCUT2D eigenvalue weighted by atomic mass is 9.96. The molecule has 1 fully saturated rings. The van der Waals surface area contributed by atoms with E-state index in [4.69, 9.17) is 5.73 Å². The number of H-pyrrole nitrogens is 1. The van der Waals surface area contributed by atoms with Crippen molar-refractivity contribution in [2.45, 2.75) is 51.0 Å². The highest BCUT2D eigenvalue weighted by Gasteiger charge is 2.23. The summed E-state index contributed by atoms with van der Waals surface area (Å²) in [5, 5.41) is 9.90. The Labute approximate surface area is 142 Å². The summed E-state index contributed by atoms with van der Waals surface area (Å²) in [4.78, 5) is 6.83. The minimum atomic E-state index is 0.329. The molecule has 0 unspecified atom stereocenters. The van der Waals surface area contributed by atoms with Crippen LogP contribution >= 0.6 is 0 Å². The molecule has 2 aromatic rings. The molecule has 0 radical (unpaired) electrons. The van der Waals surface area contributed by atoms with Gasteiger partial charge in [0.1, 0.15) is 0 Å². The number of aromatic nitrogens is 3. The number of rotatable bonds is 3. The molecule has 2 heterocycles. The minimum absolute atomic E-state index is 0.329. The number of benzene rings is 1. The Morgan fingerprint density at radius 3 is 2.75 bits per heavy atom. The molecule has 2 aliphatic rings. The molecule has 1 aromatic carbocycles. The second-order valence-electron chi connectivity index (χ2n) is 6.98. The number of nitrogens with two attached hydrogens (primary N) is 1. The molecule has 1 aliphatic carbocycles. The number of nitrogens with zero attached hydrogens (tertiary/aromatic N) is 3. The highest BCUT2D eigenvalue weighted by molar-refractivity contribution is 5.56. The zero-order valence-corrected chi connectivity index (χ0v) is 14.1. The molecule has 1 aromatic heterocycles. The van der Waals surface area contributed by atoms with Crippen LogP contribution in [-0.2, 0) is 12.8 Å². The predicted octanol–water partition coefficient (Wildman–Crippen LogP) is 2.86. The standard InChI is InChI=1S/C18H26N6/c19-17-21-18(23-22-17)20-15-8-7-13-9-11-24(16-5-1-2-6-16)10-3-4-14(13)12-15/h7-8,12,16H,1-6,9-11H2,(H4,19,20,21,22,23). The van der Waals surface area contributed by atoms with Crippen LogP contribution in [0.1, 0.15) is 43.2 Å². The zero-order chi connectivity index (χ0) is 16.4. The quantitative estimate of drug-likeness (QED) is 0.808. The van der Waals surface area contributed by atoms with Crippen LogP contribution in [0.5, 0.6) is 0 Å². The van der Waals surface area contributed by atoms with E-state index in [1.807, 2.05) is 0 Å². The molecule has 1 saturated carbocycles. The van der Waals surface area contributed by atoms with E-state index >= 15 is 0 Å². The predicted molar refractivity (Wildman–Crippen MR) is 96.4 cm³/mol. The Kier molecular flexibility index (Phi) is 4.38. The Bertz CT molecular complexity index is 689. The number of aromatic amines is 1. The molecule has 0 bridgehead atoms. The van der Waals surface area contributed by atoms with Gasteiger partial charge in [-0.3, -0.25) is 0 Å². The SMILES string of the molecule is Nc1nc(Nc2ccc3c(c2)CCCN(C2CCCC2)CC3)n[nH]1. The van der Waals surface area contributed by atoms with E-state index in [1.54, 1.807) is 0 Å². The van der Waals surface area contributed by atoms with Crippen LogP contribution in [0.2, 0.25) is 0 Å². The normalized spacial score (nSPS) is 19.7. The fraction of sp³-hybridized carbons (Fsp3) is 0.556. The number of aryl methyl sites for hydroxylation is 1. The molecular weight excluding hydrogens is 300 g/mol. The first-order chi connectivity index (χ1) is 11.8. The number of fused-ring (bicyclic) bond motifs is 1. The summed E-state index contributed by atoms with van der Waals surface area (Å²) >= 11 is 0. The van der Waals surface area contributed by atoms with Crippen molar-refractivity contribution in [2.75, 3.05) is 24.1 Å². The summed E-state index contributed by atoms with van der Waals surface area (Å²) in [6.45, 7) is 2.43. The van der Waals surface area contributed by atoms with Crippen LogP contribution < -0.4 is 11.1 Å². The first kappa shape index (κ1) is 15.4. The monoisotopic (exact) mass is 326 g/mol. The smallest absolute Gasteiger partial charge is 0.248 e. The molecule has 24 heavy (non-hydrogen) atoms. The average molecular weight is 326 g/mol. The number of nitrogen functional groups attached to an aromatic ring is 1. The Morgan fingerprint density at radius 2 is 1.96 bits per heavy atom. The molecule has 4 rings (SSSR count). The third kappa shape index (κ3) is 3.38. The Morgan fingerprint density at radius 1 is 1.08 bits per heavy atom. The van der Waals surface area contributed by atoms with E-state index in [2.05, 4.69) is 43.6 Å². The maximum absolute atomic E-state index is 5.57. The first-order valence-corrected chi connectivity index (χ1v) is 9.09. The van der Waals surface area contributed by atoms with E-state index in [1.165, 1.54) is 56.3 Å². The van der Waals surface area contributed by atoms with Gasteiger partial charge < -0.3 is 16.0 Å². The lowest BCUT2D eigenvalue weighted by Gasteiger charge is -2.31. The van der Waals surface area contributed by atoms with Gasteiger partial charge in [0.2, 0.25) is 11.9 Å². The maximum Gasteiger partial charge on any atom is 0.248 e. The summed E-state index contributed by atoms with van der Waals surface area (Å²) in [5.41, 5.74) is 9.54. The van der Waals surface area contributed by atoms with Gasteiger partial charge in [0, 0.05) is 18.3 Å². The molecule has 6 nitrogen and oxygen atoms in total. The van der Waals surface area contributed by atoms with Gasteiger partial charge in [0.25, 0.3) is 0 Å². The lowest BCUT2D eigenvalue weighted by molar-refractivity contribution is 0.195. The number of hydrogen-bond acceptors (Lipinski definition) is 5. The van der Waals surface area contributed by atoms with Gasteiger partial charge in [0.15, 0.2) is 0 Å². The van der Waals surface area contributed by atoms with Crippen molar-refractivity contribution in [3.05, 3.63) is 29.3 Å². The molecular formula is C18H26N6. The van der Waals surface area contributed by atoms with Crippen LogP contribution in [0, 0.1) is 0 Å². The Hall–Kier alpha value is -2.08. The summed E-state index contributed by atoms with van der Waals surface area (Å²) in [7, 11) is 0. The molecule has 6 heteroatoms. The third-order valence-electron chi connectivity index (χ3n) is 5.37. The highest BCUT2D eigenvalue weighted by atomic mass is 15.3. The van der Waals surface area contributed by atoms with E-state index in [9.17, 15) is 0 Å². The first-order valence-electron chi connectivity index (χ1n) is 9.09. The topological polar surface area (TPSA) is 82.9 Å². The Balaban J connectivity index is 1.45. The van der Waals surface area contributed by atoms with E-state index in [0.29, 0.717) is 11.9 Å². The maximum atomic E-state index is 5.57. The summed E-state index contributed by atoms with van der Waals surface area (Å²) in [6.07, 6.45) is 9.16. The van der Waals surface area contributed by atoms with Gasteiger partial charge in [-0.1, -0.05) is 18.9 Å². The van der Waals surface area contributed by atoms with E-state index in [-0.39, 0.29) is 0 Å². The van der Waals surface area contributed by atoms with Crippen LogP contribution in [0.15, 0.2) is 18.2 Å². The third-order valence-corrected chi connectivity index (χ3v) is 5.37. The lowest BCUT2D eigenvalue weighted by Crippen LogP contribution is -2.37. The van der Waals surface area contributed by atoms with Crippen molar-refractivity contribution >= 4 is 17.6 Å². The van der Waals surface area contributed by atoms with Crippen LogP contribution in [0.25, 0.3) is 0 Å². The molecule has 0 saturated heterocycles. The van der Waals surface area contributed by atoms with Gasteiger partial charge >= 0.3 is 0 Å². The molecule has 0 spiro atoms. The van der Waals surface area contributed by atoms with Gasteiger partial charge in [-0.05, 0) is 61.9 Å². The molecule has 4 N–H and O–H groups in total. The van der Waals surface area contributed by atoms with Gasteiger partial charge in [0.05, 0.1) is 0 Å². The van der Waals surface area contributed by atoms with Crippen molar-refractivity contribution in [3.8, 4) is 0 Å². The molecule has 128 valence electrons. The van der Waals surface area contributed by atoms with Crippen molar-refractivity contribution in [1.82, 2.24) is 20.1 Å². The largest absolute Gasteiger partial charge is 0.368 e. The number of nitrogens with one attached hydrogen (secondary N) is 2. The van der Waals surface area contributed by atoms with Crippen molar-refractivity contribution in [3.63, 3.8) is 0 Å². The number of anilines is 3.